The van der Waals surface area contributed by atoms with Crippen molar-refractivity contribution in [2.75, 3.05) is 26.2 Å². The topological polar surface area (TPSA) is 35.5 Å². The van der Waals surface area contributed by atoms with Crippen molar-refractivity contribution in [3.8, 4) is 0 Å². The maximum atomic E-state index is 10.4. The molecule has 18 heavy (non-hydrogen) atoms. The first-order valence-electron chi connectivity index (χ1n) is 6.17. The molecule has 3 nitrogen and oxygen atoms in total. The Kier molecular flexibility index (Phi) is 4.87. The van der Waals surface area contributed by atoms with Gasteiger partial charge in [-0.05, 0) is 25.1 Å². The van der Waals surface area contributed by atoms with Crippen molar-refractivity contribution < 1.29 is 5.11 Å². The van der Waals surface area contributed by atoms with E-state index < -0.39 is 6.10 Å². The van der Waals surface area contributed by atoms with Gasteiger partial charge in [-0.3, -0.25) is 4.90 Å². The second-order valence-corrected chi connectivity index (χ2v) is 5.48. The van der Waals surface area contributed by atoms with Crippen molar-refractivity contribution >= 4 is 23.2 Å². The highest BCUT2D eigenvalue weighted by Crippen LogP contribution is 2.30. The lowest BCUT2D eigenvalue weighted by Crippen LogP contribution is -2.49. The van der Waals surface area contributed by atoms with E-state index in [-0.39, 0.29) is 6.04 Å². The van der Waals surface area contributed by atoms with Gasteiger partial charge in [0.05, 0.1) is 6.10 Å². The van der Waals surface area contributed by atoms with Gasteiger partial charge in [0.15, 0.2) is 0 Å². The van der Waals surface area contributed by atoms with Crippen LogP contribution in [0.1, 0.15) is 18.6 Å². The number of piperazine rings is 1. The fourth-order valence-electron chi connectivity index (χ4n) is 2.29. The van der Waals surface area contributed by atoms with Crippen molar-refractivity contribution in [3.63, 3.8) is 0 Å². The monoisotopic (exact) mass is 288 g/mol. The molecule has 1 heterocycles. The molecule has 0 aromatic heterocycles. The van der Waals surface area contributed by atoms with Crippen LogP contribution in [0.5, 0.6) is 0 Å². The summed E-state index contributed by atoms with van der Waals surface area (Å²) in [6, 6.07) is 5.23. The predicted octanol–water partition coefficient (Wildman–Crippen LogP) is 2.32. The van der Waals surface area contributed by atoms with E-state index in [2.05, 4.69) is 10.2 Å². The summed E-state index contributed by atoms with van der Waals surface area (Å²) in [7, 11) is 0. The summed E-state index contributed by atoms with van der Waals surface area (Å²) in [6.07, 6.45) is -0.616. The molecule has 1 aliphatic rings. The molecule has 0 radical (unpaired) electrons. The van der Waals surface area contributed by atoms with Gasteiger partial charge in [-0.1, -0.05) is 23.2 Å². The molecule has 0 aliphatic carbocycles. The van der Waals surface area contributed by atoms with Crippen molar-refractivity contribution in [2.45, 2.75) is 19.1 Å². The van der Waals surface area contributed by atoms with Gasteiger partial charge in [-0.25, -0.2) is 0 Å². The number of benzene rings is 1. The normalized spacial score (nSPS) is 20.7. The Morgan fingerprint density at radius 3 is 2.61 bits per heavy atom. The number of rotatable bonds is 3. The van der Waals surface area contributed by atoms with Crippen molar-refractivity contribution in [1.82, 2.24) is 10.2 Å². The Bertz CT molecular complexity index is 408. The van der Waals surface area contributed by atoms with Crippen LogP contribution in [-0.2, 0) is 0 Å². The number of nitrogens with one attached hydrogen (secondary N) is 1. The highest BCUT2D eigenvalue weighted by atomic mass is 35.5. The molecule has 1 aromatic rings. The molecule has 0 spiro atoms. The van der Waals surface area contributed by atoms with Crippen molar-refractivity contribution in [1.29, 1.82) is 0 Å². The summed E-state index contributed by atoms with van der Waals surface area (Å²) in [4.78, 5) is 2.26. The highest BCUT2D eigenvalue weighted by Gasteiger charge is 2.25. The Labute approximate surface area is 118 Å². The fourth-order valence-corrected chi connectivity index (χ4v) is 2.70. The van der Waals surface area contributed by atoms with E-state index >= 15 is 0 Å². The van der Waals surface area contributed by atoms with E-state index in [9.17, 15) is 5.11 Å². The first-order chi connectivity index (χ1) is 8.59. The average Bonchev–Trinajstić information content (AvgIpc) is 2.41. The Morgan fingerprint density at radius 2 is 1.94 bits per heavy atom. The van der Waals surface area contributed by atoms with Crippen molar-refractivity contribution in [2.24, 2.45) is 0 Å². The molecule has 1 fully saturated rings. The zero-order valence-electron chi connectivity index (χ0n) is 10.4. The lowest BCUT2D eigenvalue weighted by atomic mass is 10.0. The predicted molar refractivity (Wildman–Crippen MR) is 75.3 cm³/mol. The molecule has 1 aromatic carbocycles. The molecule has 2 N–H and O–H groups in total. The van der Waals surface area contributed by atoms with Crippen LogP contribution in [0.25, 0.3) is 0 Å². The zero-order chi connectivity index (χ0) is 13.1. The summed E-state index contributed by atoms with van der Waals surface area (Å²) in [5, 5.41) is 14.9. The van der Waals surface area contributed by atoms with Gasteiger partial charge in [0.1, 0.15) is 0 Å². The SMILES string of the molecule is CC(C(O)c1cc(Cl)ccc1Cl)N1CCNCC1. The van der Waals surface area contributed by atoms with E-state index in [1.165, 1.54) is 0 Å². The molecule has 5 heteroatoms. The first kappa shape index (κ1) is 14.1. The fraction of sp³-hybridized carbons (Fsp3) is 0.538. The molecule has 1 aliphatic heterocycles. The van der Waals surface area contributed by atoms with Crippen LogP contribution in [0, 0.1) is 0 Å². The van der Waals surface area contributed by atoms with Gasteiger partial charge in [0, 0.05) is 47.8 Å². The lowest BCUT2D eigenvalue weighted by molar-refractivity contribution is 0.0511. The molecule has 2 unspecified atom stereocenters. The van der Waals surface area contributed by atoms with E-state index in [1.807, 2.05) is 6.92 Å². The summed E-state index contributed by atoms with van der Waals surface area (Å²) in [5.74, 6) is 0. The van der Waals surface area contributed by atoms with E-state index in [4.69, 9.17) is 23.2 Å². The maximum Gasteiger partial charge on any atom is 0.0957 e. The Hall–Kier alpha value is -0.320. The summed E-state index contributed by atoms with van der Waals surface area (Å²) < 4.78 is 0. The third kappa shape index (κ3) is 3.16. The maximum absolute atomic E-state index is 10.4. The summed E-state index contributed by atoms with van der Waals surface area (Å²) >= 11 is 12.1. The molecule has 100 valence electrons. The first-order valence-corrected chi connectivity index (χ1v) is 6.93. The quantitative estimate of drug-likeness (QED) is 0.896. The molecule has 1 saturated heterocycles. The average molecular weight is 289 g/mol. The molecule has 0 bridgehead atoms. The number of aliphatic hydroxyl groups excluding tert-OH is 1. The lowest BCUT2D eigenvalue weighted by Gasteiger charge is -2.35. The van der Waals surface area contributed by atoms with Gasteiger partial charge in [0.2, 0.25) is 0 Å². The molecular weight excluding hydrogens is 271 g/mol. The number of halogens is 2. The van der Waals surface area contributed by atoms with Crippen molar-refractivity contribution in [3.05, 3.63) is 33.8 Å². The molecular formula is C13H18Cl2N2O. The smallest absolute Gasteiger partial charge is 0.0957 e. The third-order valence-electron chi connectivity index (χ3n) is 3.46. The number of hydrogen-bond acceptors (Lipinski definition) is 3. The van der Waals surface area contributed by atoms with Crippen LogP contribution in [0.15, 0.2) is 18.2 Å². The van der Waals surface area contributed by atoms with E-state index in [0.717, 1.165) is 26.2 Å². The van der Waals surface area contributed by atoms with Crippen LogP contribution in [-0.4, -0.2) is 42.2 Å². The number of aliphatic hydroxyl groups is 1. The van der Waals surface area contributed by atoms with Crippen LogP contribution in [0.2, 0.25) is 10.0 Å². The van der Waals surface area contributed by atoms with Crippen LogP contribution < -0.4 is 5.32 Å². The third-order valence-corrected chi connectivity index (χ3v) is 4.04. The van der Waals surface area contributed by atoms with Gasteiger partial charge >= 0.3 is 0 Å². The molecule has 0 saturated carbocycles. The minimum absolute atomic E-state index is 0.0306. The highest BCUT2D eigenvalue weighted by molar-refractivity contribution is 6.33. The number of hydrogen-bond donors (Lipinski definition) is 2. The minimum Gasteiger partial charge on any atom is -0.387 e. The van der Waals surface area contributed by atoms with Crippen LogP contribution in [0.4, 0.5) is 0 Å². The second-order valence-electron chi connectivity index (χ2n) is 4.64. The van der Waals surface area contributed by atoms with Gasteiger partial charge in [-0.15, -0.1) is 0 Å². The zero-order valence-corrected chi connectivity index (χ0v) is 11.9. The van der Waals surface area contributed by atoms with Crippen LogP contribution >= 0.6 is 23.2 Å². The molecule has 0 amide bonds. The van der Waals surface area contributed by atoms with Gasteiger partial charge < -0.3 is 10.4 Å². The summed E-state index contributed by atoms with van der Waals surface area (Å²) in [5.41, 5.74) is 0.704. The minimum atomic E-state index is -0.616. The van der Waals surface area contributed by atoms with Gasteiger partial charge in [-0.2, -0.15) is 0 Å². The van der Waals surface area contributed by atoms with Crippen LogP contribution in [0.3, 0.4) is 0 Å². The van der Waals surface area contributed by atoms with E-state index in [0.29, 0.717) is 15.6 Å². The number of nitrogens with zero attached hydrogens (tertiary/aromatic N) is 1. The van der Waals surface area contributed by atoms with Gasteiger partial charge in [0.25, 0.3) is 0 Å². The second kappa shape index (κ2) is 6.22. The molecule has 2 rings (SSSR count). The largest absolute Gasteiger partial charge is 0.387 e. The summed E-state index contributed by atoms with van der Waals surface area (Å²) in [6.45, 7) is 5.82. The Balaban J connectivity index is 2.13. The Morgan fingerprint density at radius 1 is 1.28 bits per heavy atom. The standard InChI is InChI=1S/C13H18Cl2N2O/c1-9(17-6-4-16-5-7-17)13(18)11-8-10(14)2-3-12(11)15/h2-3,8-9,13,16,18H,4-7H2,1H3. The molecule has 2 atom stereocenters. The van der Waals surface area contributed by atoms with E-state index in [1.54, 1.807) is 18.2 Å².